The summed E-state index contributed by atoms with van der Waals surface area (Å²) < 4.78 is 5.54. The first-order chi connectivity index (χ1) is 10.6. The number of ether oxygens (including phenoxy) is 1. The van der Waals surface area contributed by atoms with Crippen LogP contribution in [0.5, 0.6) is 5.88 Å². The molecule has 0 aliphatic rings. The minimum Gasteiger partial charge on any atom is -0.475 e. The third kappa shape index (κ3) is 8.78. The lowest BCUT2D eigenvalue weighted by Gasteiger charge is -2.21. The number of unbranched alkanes of at least 4 members (excludes halogenated alkanes) is 1. The zero-order chi connectivity index (χ0) is 16.4. The molecule has 0 fully saturated rings. The molecule has 1 heterocycles. The van der Waals surface area contributed by atoms with E-state index in [1.165, 1.54) is 0 Å². The number of rotatable bonds is 8. The van der Waals surface area contributed by atoms with E-state index in [0.717, 1.165) is 30.9 Å². The van der Waals surface area contributed by atoms with Crippen molar-refractivity contribution in [3.63, 3.8) is 0 Å². The summed E-state index contributed by atoms with van der Waals surface area (Å²) in [6, 6.07) is 3.91. The molecule has 0 radical (unpaired) electrons. The van der Waals surface area contributed by atoms with E-state index in [1.54, 1.807) is 7.05 Å². The van der Waals surface area contributed by atoms with E-state index >= 15 is 0 Å². The molecule has 23 heavy (non-hydrogen) atoms. The van der Waals surface area contributed by atoms with Crippen molar-refractivity contribution < 1.29 is 4.74 Å². The summed E-state index contributed by atoms with van der Waals surface area (Å²) in [7, 11) is 3.83. The highest BCUT2D eigenvalue weighted by Crippen LogP contribution is 2.09. The number of allylic oxidation sites excluding steroid dienone is 1. The van der Waals surface area contributed by atoms with Crippen molar-refractivity contribution >= 4 is 29.9 Å². The Morgan fingerprint density at radius 3 is 2.74 bits per heavy atom. The van der Waals surface area contributed by atoms with Crippen LogP contribution in [0.25, 0.3) is 0 Å². The maximum absolute atomic E-state index is 5.54. The molecule has 1 aromatic rings. The zero-order valence-corrected chi connectivity index (χ0v) is 16.9. The maximum atomic E-state index is 5.54. The fourth-order valence-corrected chi connectivity index (χ4v) is 1.97. The van der Waals surface area contributed by atoms with Gasteiger partial charge in [0.25, 0.3) is 0 Å². The Hall–Kier alpha value is -1.31. The Balaban J connectivity index is 0.00000484. The number of aromatic nitrogens is 1. The van der Waals surface area contributed by atoms with Gasteiger partial charge in [0.05, 0.1) is 6.10 Å². The van der Waals surface area contributed by atoms with Crippen molar-refractivity contribution in [3.05, 3.63) is 36.5 Å². The number of guanidine groups is 1. The van der Waals surface area contributed by atoms with Gasteiger partial charge < -0.3 is 15.0 Å². The number of aliphatic imine (C=N–C) groups is 1. The Kier molecular flexibility index (Phi) is 11.5. The predicted octanol–water partition coefficient (Wildman–Crippen LogP) is 3.46. The third-order valence-corrected chi connectivity index (χ3v) is 3.08. The van der Waals surface area contributed by atoms with E-state index in [-0.39, 0.29) is 30.1 Å². The molecule has 5 nitrogen and oxygen atoms in total. The molecule has 1 rings (SSSR count). The van der Waals surface area contributed by atoms with Gasteiger partial charge in [0.15, 0.2) is 5.96 Å². The maximum Gasteiger partial charge on any atom is 0.213 e. The summed E-state index contributed by atoms with van der Waals surface area (Å²) in [6.07, 6.45) is 6.00. The molecule has 0 aliphatic carbocycles. The molecule has 0 amide bonds. The smallest absolute Gasteiger partial charge is 0.213 e. The summed E-state index contributed by atoms with van der Waals surface area (Å²) in [5.41, 5.74) is 1.09. The van der Waals surface area contributed by atoms with Crippen LogP contribution in [0.15, 0.2) is 36.0 Å². The van der Waals surface area contributed by atoms with Gasteiger partial charge in [0.2, 0.25) is 5.88 Å². The lowest BCUT2D eigenvalue weighted by atomic mass is 10.3. The van der Waals surface area contributed by atoms with Crippen LogP contribution in [0.2, 0.25) is 0 Å². The molecule has 0 unspecified atom stereocenters. The lowest BCUT2D eigenvalue weighted by molar-refractivity contribution is 0.232. The fourth-order valence-electron chi connectivity index (χ4n) is 1.97. The number of pyridine rings is 1. The van der Waals surface area contributed by atoms with Gasteiger partial charge in [-0.1, -0.05) is 12.1 Å². The van der Waals surface area contributed by atoms with Crippen LogP contribution in [0, 0.1) is 0 Å². The predicted molar refractivity (Wildman–Crippen MR) is 108 cm³/mol. The zero-order valence-electron chi connectivity index (χ0n) is 14.6. The van der Waals surface area contributed by atoms with Crippen molar-refractivity contribution in [3.8, 4) is 5.88 Å². The quantitative estimate of drug-likeness (QED) is 0.225. The number of nitrogens with zero attached hydrogens (tertiary/aromatic N) is 3. The normalized spacial score (nSPS) is 10.9. The molecular weight excluding hydrogens is 403 g/mol. The summed E-state index contributed by atoms with van der Waals surface area (Å²) >= 11 is 0. The standard InChI is InChI=1S/C17H28N4O.HI/c1-6-7-8-11-21(5)17(18-4)20-13-15-9-10-16(19-12-15)22-14(2)3;/h6,9-10,12,14H,1,7-8,11,13H2,2-5H3,(H,18,20);1H. The van der Waals surface area contributed by atoms with Crippen LogP contribution in [-0.2, 0) is 6.54 Å². The third-order valence-electron chi connectivity index (χ3n) is 3.08. The molecule has 0 bridgehead atoms. The molecular formula is C17H29IN4O. The monoisotopic (exact) mass is 432 g/mol. The van der Waals surface area contributed by atoms with Crippen molar-refractivity contribution in [2.24, 2.45) is 4.99 Å². The van der Waals surface area contributed by atoms with Crippen molar-refractivity contribution in [1.29, 1.82) is 0 Å². The minimum atomic E-state index is 0. The minimum absolute atomic E-state index is 0. The summed E-state index contributed by atoms with van der Waals surface area (Å²) in [6.45, 7) is 9.36. The summed E-state index contributed by atoms with van der Waals surface area (Å²) in [5.74, 6) is 1.54. The second-order valence-corrected chi connectivity index (χ2v) is 5.42. The van der Waals surface area contributed by atoms with Crippen LogP contribution in [0.1, 0.15) is 32.3 Å². The number of nitrogens with one attached hydrogen (secondary N) is 1. The van der Waals surface area contributed by atoms with Crippen molar-refractivity contribution in [2.75, 3.05) is 20.6 Å². The topological polar surface area (TPSA) is 49.8 Å². The molecule has 0 aliphatic heterocycles. The molecule has 6 heteroatoms. The lowest BCUT2D eigenvalue weighted by Crippen LogP contribution is -2.38. The highest BCUT2D eigenvalue weighted by Gasteiger charge is 2.05. The Bertz CT molecular complexity index is 474. The fraction of sp³-hybridized carbons (Fsp3) is 0.529. The van der Waals surface area contributed by atoms with Crippen LogP contribution < -0.4 is 10.1 Å². The van der Waals surface area contributed by atoms with Gasteiger partial charge in [0, 0.05) is 39.4 Å². The molecule has 0 aromatic carbocycles. The number of halogens is 1. The molecule has 0 spiro atoms. The molecule has 130 valence electrons. The highest BCUT2D eigenvalue weighted by molar-refractivity contribution is 14.0. The first-order valence-electron chi connectivity index (χ1n) is 7.71. The number of hydrogen-bond acceptors (Lipinski definition) is 3. The highest BCUT2D eigenvalue weighted by atomic mass is 127. The SMILES string of the molecule is C=CCCCN(C)C(=NC)NCc1ccc(OC(C)C)nc1.I. The average Bonchev–Trinajstić information content (AvgIpc) is 2.49. The van der Waals surface area contributed by atoms with Gasteiger partial charge in [-0.2, -0.15) is 0 Å². The van der Waals surface area contributed by atoms with Crippen LogP contribution in [-0.4, -0.2) is 42.6 Å². The van der Waals surface area contributed by atoms with E-state index in [1.807, 2.05) is 45.3 Å². The molecule has 1 aromatic heterocycles. The van der Waals surface area contributed by atoms with E-state index in [9.17, 15) is 0 Å². The summed E-state index contributed by atoms with van der Waals surface area (Å²) in [4.78, 5) is 10.7. The van der Waals surface area contributed by atoms with Crippen molar-refractivity contribution in [1.82, 2.24) is 15.2 Å². The van der Waals surface area contributed by atoms with Crippen LogP contribution in [0.4, 0.5) is 0 Å². The van der Waals surface area contributed by atoms with Gasteiger partial charge in [-0.25, -0.2) is 4.98 Å². The number of hydrogen-bond donors (Lipinski definition) is 1. The van der Waals surface area contributed by atoms with E-state index in [4.69, 9.17) is 4.74 Å². The summed E-state index contributed by atoms with van der Waals surface area (Å²) in [5, 5.41) is 3.34. The van der Waals surface area contributed by atoms with Crippen LogP contribution >= 0.6 is 24.0 Å². The van der Waals surface area contributed by atoms with Gasteiger partial charge in [-0.05, 0) is 32.3 Å². The molecule has 0 saturated heterocycles. The Morgan fingerprint density at radius 2 is 2.22 bits per heavy atom. The molecule has 0 saturated carbocycles. The first kappa shape index (κ1) is 21.7. The second kappa shape index (κ2) is 12.2. The molecule has 1 N–H and O–H groups in total. The van der Waals surface area contributed by atoms with Crippen LogP contribution in [0.3, 0.4) is 0 Å². The first-order valence-corrected chi connectivity index (χ1v) is 7.71. The van der Waals surface area contributed by atoms with Gasteiger partial charge >= 0.3 is 0 Å². The van der Waals surface area contributed by atoms with E-state index in [2.05, 4.69) is 26.8 Å². The van der Waals surface area contributed by atoms with Gasteiger partial charge in [0.1, 0.15) is 0 Å². The molecule has 0 atom stereocenters. The largest absolute Gasteiger partial charge is 0.475 e. The Labute approximate surface area is 157 Å². The Morgan fingerprint density at radius 1 is 1.48 bits per heavy atom. The van der Waals surface area contributed by atoms with Crippen molar-refractivity contribution in [2.45, 2.75) is 39.3 Å². The van der Waals surface area contributed by atoms with E-state index < -0.39 is 0 Å². The van der Waals surface area contributed by atoms with E-state index in [0.29, 0.717) is 12.4 Å². The van der Waals surface area contributed by atoms with Gasteiger partial charge in [-0.15, -0.1) is 30.6 Å². The van der Waals surface area contributed by atoms with Gasteiger partial charge in [-0.3, -0.25) is 4.99 Å². The average molecular weight is 432 g/mol. The second-order valence-electron chi connectivity index (χ2n) is 5.42.